The van der Waals surface area contributed by atoms with Crippen LogP contribution < -0.4 is 9.64 Å². The van der Waals surface area contributed by atoms with Crippen molar-refractivity contribution in [2.24, 2.45) is 0 Å². The van der Waals surface area contributed by atoms with E-state index in [1.807, 2.05) is 49.4 Å². The number of carbonyl (C=O) groups is 2. The summed E-state index contributed by atoms with van der Waals surface area (Å²) in [7, 11) is 1.63. The number of benzene rings is 2. The maximum absolute atomic E-state index is 13.2. The molecule has 0 spiro atoms. The van der Waals surface area contributed by atoms with E-state index in [0.29, 0.717) is 34.3 Å². The van der Waals surface area contributed by atoms with Crippen LogP contribution in [-0.4, -0.2) is 41.2 Å². The first-order valence-electron chi connectivity index (χ1n) is 9.47. The number of methoxy groups -OCH3 is 1. The average Bonchev–Trinajstić information content (AvgIpc) is 3.17. The first-order chi connectivity index (χ1) is 14.4. The number of amides is 2. The second-order valence-electron chi connectivity index (χ2n) is 6.84. The lowest BCUT2D eigenvalue weighted by Crippen LogP contribution is -2.31. The van der Waals surface area contributed by atoms with Crippen LogP contribution in [0, 0.1) is 0 Å². The molecule has 0 unspecified atom stereocenters. The summed E-state index contributed by atoms with van der Waals surface area (Å²) in [6.07, 6.45) is 0.663. The van der Waals surface area contributed by atoms with E-state index in [2.05, 4.69) is 15.9 Å². The molecule has 0 N–H and O–H groups in total. The molecule has 0 atom stereocenters. The second kappa shape index (κ2) is 8.53. The highest BCUT2D eigenvalue weighted by Crippen LogP contribution is 2.45. The van der Waals surface area contributed by atoms with Crippen molar-refractivity contribution in [1.82, 2.24) is 4.90 Å². The molecule has 0 aromatic heterocycles. The summed E-state index contributed by atoms with van der Waals surface area (Å²) in [4.78, 5) is 30.0. The van der Waals surface area contributed by atoms with Crippen molar-refractivity contribution in [2.45, 2.75) is 13.3 Å². The molecule has 1 fully saturated rings. The quantitative estimate of drug-likeness (QED) is 0.440. The Morgan fingerprint density at radius 3 is 2.47 bits per heavy atom. The minimum atomic E-state index is -0.203. The fourth-order valence-corrected chi connectivity index (χ4v) is 5.35. The molecule has 2 aliphatic rings. The van der Waals surface area contributed by atoms with Crippen LogP contribution in [0.1, 0.15) is 18.1 Å². The van der Waals surface area contributed by atoms with Gasteiger partial charge in [0.2, 0.25) is 0 Å². The van der Waals surface area contributed by atoms with Gasteiger partial charge in [0, 0.05) is 23.1 Å². The second-order valence-corrected chi connectivity index (χ2v) is 9.40. The standard InChI is InChI=1S/C22H19BrN2O3S2/c1-3-24-17-9-6-14(23)12-16(17)18(20(24)26)19-21(27)25(22(29)30-19)11-10-13-4-7-15(28-2)8-5-13/h4-9,12H,3,10-11H2,1-2H3/b19-18-. The minimum Gasteiger partial charge on any atom is -0.497 e. The zero-order valence-electron chi connectivity index (χ0n) is 16.5. The molecule has 5 nitrogen and oxygen atoms in total. The Hall–Kier alpha value is -2.16. The normalized spacial score (nSPS) is 18.4. The van der Waals surface area contributed by atoms with Gasteiger partial charge in [0.1, 0.15) is 10.1 Å². The topological polar surface area (TPSA) is 49.9 Å². The van der Waals surface area contributed by atoms with Crippen LogP contribution in [0.3, 0.4) is 0 Å². The fourth-order valence-electron chi connectivity index (χ4n) is 3.61. The fraction of sp³-hybridized carbons (Fsp3) is 0.227. The van der Waals surface area contributed by atoms with Gasteiger partial charge in [-0.25, -0.2) is 0 Å². The minimum absolute atomic E-state index is 0.152. The van der Waals surface area contributed by atoms with Gasteiger partial charge in [0.25, 0.3) is 11.8 Å². The average molecular weight is 503 g/mol. The highest BCUT2D eigenvalue weighted by molar-refractivity contribution is 9.10. The monoisotopic (exact) mass is 502 g/mol. The van der Waals surface area contributed by atoms with E-state index < -0.39 is 0 Å². The number of halogens is 1. The first-order valence-corrected chi connectivity index (χ1v) is 11.5. The van der Waals surface area contributed by atoms with Gasteiger partial charge in [0.15, 0.2) is 0 Å². The summed E-state index contributed by atoms with van der Waals surface area (Å²) in [5, 5.41) is 0. The van der Waals surface area contributed by atoms with Gasteiger partial charge in [-0.1, -0.05) is 52.0 Å². The molecule has 0 saturated carbocycles. The third-order valence-electron chi connectivity index (χ3n) is 5.15. The van der Waals surface area contributed by atoms with E-state index in [-0.39, 0.29) is 11.8 Å². The Morgan fingerprint density at radius 1 is 1.07 bits per heavy atom. The molecule has 0 aliphatic carbocycles. The van der Waals surface area contributed by atoms with Gasteiger partial charge in [-0.15, -0.1) is 0 Å². The van der Waals surface area contributed by atoms with Gasteiger partial charge < -0.3 is 9.64 Å². The SMILES string of the molecule is CCN1C(=O)/C(=C2\SC(=S)N(CCc3ccc(OC)cc3)C2=O)c2cc(Br)ccc21. The summed E-state index contributed by atoms with van der Waals surface area (Å²) < 4.78 is 6.53. The van der Waals surface area contributed by atoms with Crippen LogP contribution in [-0.2, 0) is 16.0 Å². The van der Waals surface area contributed by atoms with Gasteiger partial charge in [-0.2, -0.15) is 0 Å². The Kier molecular flexibility index (Phi) is 5.99. The molecule has 2 heterocycles. The summed E-state index contributed by atoms with van der Waals surface area (Å²) in [6, 6.07) is 13.4. The van der Waals surface area contributed by atoms with Crippen molar-refractivity contribution in [1.29, 1.82) is 0 Å². The summed E-state index contributed by atoms with van der Waals surface area (Å²) >= 11 is 10.2. The molecule has 2 aromatic carbocycles. The van der Waals surface area contributed by atoms with Crippen molar-refractivity contribution in [3.05, 3.63) is 63.0 Å². The molecule has 0 radical (unpaired) electrons. The highest BCUT2D eigenvalue weighted by Gasteiger charge is 2.41. The van der Waals surface area contributed by atoms with Crippen molar-refractivity contribution in [3.8, 4) is 5.75 Å². The molecule has 154 valence electrons. The molecule has 8 heteroatoms. The predicted molar refractivity (Wildman–Crippen MR) is 128 cm³/mol. The number of likely N-dealkylation sites (N-methyl/N-ethyl adjacent to an activating group) is 1. The molecular weight excluding hydrogens is 484 g/mol. The van der Waals surface area contributed by atoms with Crippen LogP contribution in [0.5, 0.6) is 5.75 Å². The molecule has 1 saturated heterocycles. The Bertz CT molecular complexity index is 1080. The van der Waals surface area contributed by atoms with E-state index in [0.717, 1.165) is 27.0 Å². The van der Waals surface area contributed by atoms with Gasteiger partial charge in [-0.05, 0) is 49.2 Å². The smallest absolute Gasteiger partial charge is 0.267 e. The number of carbonyl (C=O) groups excluding carboxylic acids is 2. The molecule has 4 rings (SSSR count). The molecule has 2 aromatic rings. The van der Waals surface area contributed by atoms with E-state index in [1.54, 1.807) is 16.9 Å². The van der Waals surface area contributed by atoms with Crippen LogP contribution in [0.4, 0.5) is 5.69 Å². The molecule has 2 amide bonds. The number of fused-ring (bicyclic) bond motifs is 1. The lowest BCUT2D eigenvalue weighted by Gasteiger charge is -2.15. The van der Waals surface area contributed by atoms with Gasteiger partial charge >= 0.3 is 0 Å². The molecule has 2 aliphatic heterocycles. The molecule has 0 bridgehead atoms. The van der Waals surface area contributed by atoms with Crippen LogP contribution in [0.25, 0.3) is 5.57 Å². The number of anilines is 1. The number of rotatable bonds is 5. The Balaban J connectivity index is 1.62. The van der Waals surface area contributed by atoms with Gasteiger partial charge in [-0.3, -0.25) is 14.5 Å². The maximum Gasteiger partial charge on any atom is 0.267 e. The molecule has 30 heavy (non-hydrogen) atoms. The first kappa shape index (κ1) is 21.1. The van der Waals surface area contributed by atoms with E-state index >= 15 is 0 Å². The van der Waals surface area contributed by atoms with Crippen molar-refractivity contribution in [3.63, 3.8) is 0 Å². The van der Waals surface area contributed by atoms with Crippen molar-refractivity contribution in [2.75, 3.05) is 25.1 Å². The van der Waals surface area contributed by atoms with Crippen LogP contribution in [0.15, 0.2) is 51.8 Å². The third-order valence-corrected chi connectivity index (χ3v) is 7.09. The van der Waals surface area contributed by atoms with E-state index in [1.165, 1.54) is 11.8 Å². The summed E-state index contributed by atoms with van der Waals surface area (Å²) in [6.45, 7) is 2.92. The zero-order chi connectivity index (χ0) is 21.4. The van der Waals surface area contributed by atoms with Crippen LogP contribution in [0.2, 0.25) is 0 Å². The number of nitrogens with zero attached hydrogens (tertiary/aromatic N) is 2. The zero-order valence-corrected chi connectivity index (χ0v) is 19.7. The van der Waals surface area contributed by atoms with E-state index in [4.69, 9.17) is 17.0 Å². The lowest BCUT2D eigenvalue weighted by molar-refractivity contribution is -0.122. The van der Waals surface area contributed by atoms with Gasteiger partial charge in [0.05, 0.1) is 23.3 Å². The largest absolute Gasteiger partial charge is 0.497 e. The number of thioether (sulfide) groups is 1. The lowest BCUT2D eigenvalue weighted by atomic mass is 10.1. The summed E-state index contributed by atoms with van der Waals surface area (Å²) in [5.74, 6) is 0.436. The van der Waals surface area contributed by atoms with Crippen LogP contribution >= 0.6 is 39.9 Å². The molecular formula is C22H19BrN2O3S2. The number of ether oxygens (including phenoxy) is 1. The van der Waals surface area contributed by atoms with Crippen molar-refractivity contribution < 1.29 is 14.3 Å². The van der Waals surface area contributed by atoms with E-state index in [9.17, 15) is 9.59 Å². The summed E-state index contributed by atoms with van der Waals surface area (Å²) in [5.41, 5.74) is 3.12. The third kappa shape index (κ3) is 3.68. The van der Waals surface area contributed by atoms with Crippen molar-refractivity contribution >= 4 is 67.3 Å². The predicted octanol–water partition coefficient (Wildman–Crippen LogP) is 4.64. The number of hydrogen-bond acceptors (Lipinski definition) is 5. The highest BCUT2D eigenvalue weighted by atomic mass is 79.9. The Morgan fingerprint density at radius 2 is 1.80 bits per heavy atom. The number of hydrogen-bond donors (Lipinski definition) is 0. The Labute approximate surface area is 193 Å². The maximum atomic E-state index is 13.2. The number of thiocarbonyl (C=S) groups is 1.